The van der Waals surface area contributed by atoms with Gasteiger partial charge in [-0.3, -0.25) is 4.79 Å². The van der Waals surface area contributed by atoms with Crippen LogP contribution >= 0.6 is 0 Å². The second kappa shape index (κ2) is 7.70. The second-order valence-electron chi connectivity index (χ2n) is 5.37. The van der Waals surface area contributed by atoms with Gasteiger partial charge in [0.25, 0.3) is 5.91 Å². The molecule has 0 aliphatic carbocycles. The topological polar surface area (TPSA) is 69.0 Å². The number of aromatic nitrogens is 3. The molecule has 1 N–H and O–H groups in total. The van der Waals surface area contributed by atoms with Crippen LogP contribution in [0, 0.1) is 6.92 Å². The number of rotatable bonds is 7. The van der Waals surface area contributed by atoms with Crippen molar-refractivity contribution in [3.05, 3.63) is 42.0 Å². The Morgan fingerprint density at radius 1 is 1.41 bits per heavy atom. The molecule has 0 saturated heterocycles. The van der Waals surface area contributed by atoms with E-state index in [1.807, 2.05) is 32.9 Å². The van der Waals surface area contributed by atoms with Crippen molar-refractivity contribution in [3.8, 4) is 5.69 Å². The van der Waals surface area contributed by atoms with Gasteiger partial charge in [-0.1, -0.05) is 0 Å². The summed E-state index contributed by atoms with van der Waals surface area (Å²) >= 11 is 0. The van der Waals surface area contributed by atoms with E-state index < -0.39 is 0 Å². The highest BCUT2D eigenvalue weighted by molar-refractivity contribution is 5.94. The Bertz CT molecular complexity index is 609. The van der Waals surface area contributed by atoms with Gasteiger partial charge in [0.05, 0.1) is 11.8 Å². The van der Waals surface area contributed by atoms with Crippen LogP contribution in [0.3, 0.4) is 0 Å². The number of carbonyl (C=O) groups is 1. The number of amides is 1. The van der Waals surface area contributed by atoms with E-state index in [-0.39, 0.29) is 12.0 Å². The van der Waals surface area contributed by atoms with Gasteiger partial charge >= 0.3 is 0 Å². The molecule has 1 aromatic heterocycles. The van der Waals surface area contributed by atoms with E-state index in [2.05, 4.69) is 15.4 Å². The van der Waals surface area contributed by atoms with Gasteiger partial charge in [0.15, 0.2) is 0 Å². The molecule has 0 aliphatic rings. The molecule has 0 aliphatic heterocycles. The number of hydrogen-bond acceptors (Lipinski definition) is 4. The summed E-state index contributed by atoms with van der Waals surface area (Å²) in [5, 5.41) is 7.00. The Labute approximate surface area is 130 Å². The number of benzene rings is 1. The van der Waals surface area contributed by atoms with Crippen LogP contribution in [0.25, 0.3) is 5.69 Å². The fourth-order valence-corrected chi connectivity index (χ4v) is 2.08. The molecule has 22 heavy (non-hydrogen) atoms. The minimum absolute atomic E-state index is 0.0715. The Morgan fingerprint density at radius 2 is 2.23 bits per heavy atom. The van der Waals surface area contributed by atoms with E-state index in [1.54, 1.807) is 17.1 Å². The highest BCUT2D eigenvalue weighted by Crippen LogP contribution is 2.14. The average molecular weight is 302 g/mol. The molecule has 0 unspecified atom stereocenters. The number of aryl methyl sites for hydroxylation is 1. The maximum absolute atomic E-state index is 12.1. The molecule has 0 bridgehead atoms. The molecule has 0 fully saturated rings. The van der Waals surface area contributed by atoms with Gasteiger partial charge in [-0.05, 0) is 51.0 Å². The lowest BCUT2D eigenvalue weighted by Gasteiger charge is -2.10. The SMILES string of the molecule is Cc1cc(C(=O)NCCCOC(C)C)ccc1-n1cncn1. The molecule has 0 spiro atoms. The van der Waals surface area contributed by atoms with Gasteiger partial charge < -0.3 is 10.1 Å². The predicted molar refractivity (Wildman–Crippen MR) is 84.1 cm³/mol. The molecule has 6 heteroatoms. The Balaban J connectivity index is 1.90. The first-order chi connectivity index (χ1) is 10.6. The van der Waals surface area contributed by atoms with Crippen molar-refractivity contribution in [1.82, 2.24) is 20.1 Å². The zero-order valence-electron chi connectivity index (χ0n) is 13.2. The summed E-state index contributed by atoms with van der Waals surface area (Å²) in [7, 11) is 0. The fraction of sp³-hybridized carbons (Fsp3) is 0.438. The summed E-state index contributed by atoms with van der Waals surface area (Å²) in [5.41, 5.74) is 2.53. The molecule has 1 aromatic carbocycles. The Morgan fingerprint density at radius 3 is 2.86 bits per heavy atom. The summed E-state index contributed by atoms with van der Waals surface area (Å²) in [6.45, 7) is 7.21. The molecule has 0 saturated carbocycles. The van der Waals surface area contributed by atoms with E-state index in [4.69, 9.17) is 4.74 Å². The number of nitrogens with one attached hydrogen (secondary N) is 1. The highest BCUT2D eigenvalue weighted by atomic mass is 16.5. The maximum atomic E-state index is 12.1. The lowest BCUT2D eigenvalue weighted by Crippen LogP contribution is -2.25. The smallest absolute Gasteiger partial charge is 0.251 e. The summed E-state index contributed by atoms with van der Waals surface area (Å²) in [6, 6.07) is 5.53. The van der Waals surface area contributed by atoms with Crippen molar-refractivity contribution >= 4 is 5.91 Å². The van der Waals surface area contributed by atoms with E-state index >= 15 is 0 Å². The van der Waals surface area contributed by atoms with Gasteiger partial charge in [-0.25, -0.2) is 9.67 Å². The molecule has 0 atom stereocenters. The van der Waals surface area contributed by atoms with Crippen molar-refractivity contribution in [3.63, 3.8) is 0 Å². The minimum Gasteiger partial charge on any atom is -0.379 e. The normalized spacial score (nSPS) is 10.9. The first-order valence-corrected chi connectivity index (χ1v) is 7.43. The van der Waals surface area contributed by atoms with Crippen LogP contribution in [0.15, 0.2) is 30.9 Å². The summed E-state index contributed by atoms with van der Waals surface area (Å²) in [4.78, 5) is 16.0. The van der Waals surface area contributed by atoms with Crippen molar-refractivity contribution < 1.29 is 9.53 Å². The quantitative estimate of drug-likeness (QED) is 0.795. The molecule has 1 heterocycles. The van der Waals surface area contributed by atoms with E-state index in [9.17, 15) is 4.79 Å². The van der Waals surface area contributed by atoms with Gasteiger partial charge in [0.2, 0.25) is 0 Å². The van der Waals surface area contributed by atoms with Gasteiger partial charge in [0.1, 0.15) is 12.7 Å². The van der Waals surface area contributed by atoms with Crippen LogP contribution in [0.5, 0.6) is 0 Å². The van der Waals surface area contributed by atoms with Crippen LogP contribution in [0.2, 0.25) is 0 Å². The average Bonchev–Trinajstić information content (AvgIpc) is 3.00. The van der Waals surface area contributed by atoms with Crippen LogP contribution in [-0.2, 0) is 4.74 Å². The van der Waals surface area contributed by atoms with Gasteiger partial charge in [-0.2, -0.15) is 5.10 Å². The number of ether oxygens (including phenoxy) is 1. The molecule has 6 nitrogen and oxygen atoms in total. The monoisotopic (exact) mass is 302 g/mol. The number of hydrogen-bond donors (Lipinski definition) is 1. The first kappa shape index (κ1) is 16.2. The van der Waals surface area contributed by atoms with Crippen molar-refractivity contribution in [2.45, 2.75) is 33.3 Å². The largest absolute Gasteiger partial charge is 0.379 e. The molecule has 2 rings (SSSR count). The van der Waals surface area contributed by atoms with E-state index in [1.165, 1.54) is 6.33 Å². The molecular weight excluding hydrogens is 280 g/mol. The molecular formula is C16H22N4O2. The van der Waals surface area contributed by atoms with Crippen LogP contribution in [-0.4, -0.2) is 39.9 Å². The summed E-state index contributed by atoms with van der Waals surface area (Å²) in [6.07, 6.45) is 4.15. The van der Waals surface area contributed by atoms with Crippen LogP contribution < -0.4 is 5.32 Å². The molecule has 2 aromatic rings. The molecule has 118 valence electrons. The summed E-state index contributed by atoms with van der Waals surface area (Å²) in [5.74, 6) is -0.0715. The van der Waals surface area contributed by atoms with Crippen LogP contribution in [0.1, 0.15) is 36.2 Å². The fourth-order valence-electron chi connectivity index (χ4n) is 2.08. The van der Waals surface area contributed by atoms with E-state index in [0.29, 0.717) is 18.7 Å². The lowest BCUT2D eigenvalue weighted by atomic mass is 10.1. The number of carbonyl (C=O) groups excluding carboxylic acids is 1. The summed E-state index contributed by atoms with van der Waals surface area (Å²) < 4.78 is 7.12. The lowest BCUT2D eigenvalue weighted by molar-refractivity contribution is 0.0757. The minimum atomic E-state index is -0.0715. The Hall–Kier alpha value is -2.21. The maximum Gasteiger partial charge on any atom is 0.251 e. The third-order valence-electron chi connectivity index (χ3n) is 3.18. The zero-order chi connectivity index (χ0) is 15.9. The Kier molecular flexibility index (Phi) is 5.66. The van der Waals surface area contributed by atoms with Crippen LogP contribution in [0.4, 0.5) is 0 Å². The molecule has 1 amide bonds. The molecule has 0 radical (unpaired) electrons. The van der Waals surface area contributed by atoms with Crippen molar-refractivity contribution in [1.29, 1.82) is 0 Å². The predicted octanol–water partition coefficient (Wildman–Crippen LogP) is 2.12. The standard InChI is InChI=1S/C16H22N4O2/c1-12(2)22-8-4-7-18-16(21)14-5-6-15(13(3)9-14)20-11-17-10-19-20/h5-6,9-12H,4,7-8H2,1-3H3,(H,18,21). The number of nitrogens with zero attached hydrogens (tertiary/aromatic N) is 3. The third-order valence-corrected chi connectivity index (χ3v) is 3.18. The van der Waals surface area contributed by atoms with Gasteiger partial charge in [-0.15, -0.1) is 0 Å². The van der Waals surface area contributed by atoms with Crippen molar-refractivity contribution in [2.75, 3.05) is 13.2 Å². The van der Waals surface area contributed by atoms with E-state index in [0.717, 1.165) is 17.7 Å². The third kappa shape index (κ3) is 4.39. The van der Waals surface area contributed by atoms with Crippen molar-refractivity contribution in [2.24, 2.45) is 0 Å². The van der Waals surface area contributed by atoms with Gasteiger partial charge in [0, 0.05) is 18.7 Å². The zero-order valence-corrected chi connectivity index (χ0v) is 13.2. The highest BCUT2D eigenvalue weighted by Gasteiger charge is 2.08. The second-order valence-corrected chi connectivity index (χ2v) is 5.37. The first-order valence-electron chi connectivity index (χ1n) is 7.43.